The van der Waals surface area contributed by atoms with Crippen LogP contribution in [0.2, 0.25) is 0 Å². The van der Waals surface area contributed by atoms with Gasteiger partial charge in [0.1, 0.15) is 5.75 Å². The van der Waals surface area contributed by atoms with E-state index in [-0.39, 0.29) is 13.3 Å². The van der Waals surface area contributed by atoms with Crippen LogP contribution >= 0.6 is 11.8 Å². The molecule has 2 atom stereocenters. The lowest BCUT2D eigenvalue weighted by Crippen LogP contribution is -2.45. The molecular formula is C25H32N2O6S. The Morgan fingerprint density at radius 1 is 1.09 bits per heavy atom. The number of thioether (sulfide) groups is 1. The van der Waals surface area contributed by atoms with E-state index in [9.17, 15) is 14.4 Å². The minimum atomic E-state index is -1.04. The van der Waals surface area contributed by atoms with Crippen molar-refractivity contribution in [2.45, 2.75) is 30.6 Å². The third-order valence-electron chi connectivity index (χ3n) is 5.22. The van der Waals surface area contributed by atoms with Gasteiger partial charge in [0.15, 0.2) is 6.10 Å². The quantitative estimate of drug-likeness (QED) is 0.544. The predicted octanol–water partition coefficient (Wildman–Crippen LogP) is 3.79. The Morgan fingerprint density at radius 2 is 1.76 bits per heavy atom. The molecule has 1 aliphatic heterocycles. The molecule has 0 unspecified atom stereocenters. The van der Waals surface area contributed by atoms with Crippen molar-refractivity contribution in [1.82, 2.24) is 4.90 Å². The van der Waals surface area contributed by atoms with Gasteiger partial charge in [-0.2, -0.15) is 0 Å². The van der Waals surface area contributed by atoms with Gasteiger partial charge in [0.2, 0.25) is 0 Å². The van der Waals surface area contributed by atoms with E-state index >= 15 is 0 Å². The molecule has 0 spiro atoms. The Morgan fingerprint density at radius 3 is 2.32 bits per heavy atom. The fraction of sp³-hybridized carbons (Fsp3) is 0.400. The maximum atomic E-state index is 13.8. The molecule has 2 aromatic rings. The summed E-state index contributed by atoms with van der Waals surface area (Å²) in [7, 11) is 6.71. The van der Waals surface area contributed by atoms with E-state index in [2.05, 4.69) is 0 Å². The van der Waals surface area contributed by atoms with Crippen LogP contribution in [0.1, 0.15) is 35.5 Å². The summed E-state index contributed by atoms with van der Waals surface area (Å²) in [5, 5.41) is -0.487. The summed E-state index contributed by atoms with van der Waals surface area (Å²) in [5.41, 5.74) is 1.74. The van der Waals surface area contributed by atoms with Crippen LogP contribution in [0.15, 0.2) is 47.4 Å². The van der Waals surface area contributed by atoms with Gasteiger partial charge in [-0.3, -0.25) is 9.59 Å². The van der Waals surface area contributed by atoms with Crippen LogP contribution in [0.3, 0.4) is 0 Å². The number of anilines is 1. The number of fused-ring (bicyclic) bond motifs is 1. The van der Waals surface area contributed by atoms with Crippen LogP contribution in [0, 0.1) is 0 Å². The number of rotatable bonds is 7. The summed E-state index contributed by atoms with van der Waals surface area (Å²) in [5.74, 6) is -0.693. The number of carbonyl (C=O) groups is 3. The molecule has 0 saturated heterocycles. The number of carbonyl (C=O) groups excluding carboxylic acids is 3. The standard InChI is InChI=1S/C24H28N2O6S.CH4/c1-15(27)32-21-22(16-6-9-18(30-4)10-7-16)33-20-11-8-17(24(29)31-5)14-19(20)26(23(21)28)13-12-25(2)3;/h6-11,14,21-22H,12-13H2,1-5H3;1H4/t21-,22+;/m1./s1. The number of amides is 1. The Balaban J connectivity index is 0.00000408. The lowest BCUT2D eigenvalue weighted by atomic mass is 10.1. The highest BCUT2D eigenvalue weighted by atomic mass is 32.2. The fourth-order valence-electron chi connectivity index (χ4n) is 3.53. The van der Waals surface area contributed by atoms with E-state index in [1.54, 1.807) is 42.3 Å². The molecule has 1 aliphatic rings. The lowest BCUT2D eigenvalue weighted by Gasteiger charge is -2.28. The Kier molecular flexibility index (Phi) is 9.52. The molecular weight excluding hydrogens is 456 g/mol. The molecule has 184 valence electrons. The third kappa shape index (κ3) is 6.09. The van der Waals surface area contributed by atoms with Crippen molar-refractivity contribution in [1.29, 1.82) is 0 Å². The van der Waals surface area contributed by atoms with Crippen molar-refractivity contribution < 1.29 is 28.6 Å². The summed E-state index contributed by atoms with van der Waals surface area (Å²) in [4.78, 5) is 42.3. The molecule has 0 N–H and O–H groups in total. The van der Waals surface area contributed by atoms with E-state index in [0.29, 0.717) is 30.1 Å². The number of benzene rings is 2. The van der Waals surface area contributed by atoms with Gasteiger partial charge in [-0.05, 0) is 50.0 Å². The van der Waals surface area contributed by atoms with E-state index in [4.69, 9.17) is 14.2 Å². The molecule has 0 fully saturated rings. The van der Waals surface area contributed by atoms with Gasteiger partial charge >= 0.3 is 11.9 Å². The first-order valence-corrected chi connectivity index (χ1v) is 11.3. The van der Waals surface area contributed by atoms with Crippen LogP contribution in [0.4, 0.5) is 5.69 Å². The molecule has 34 heavy (non-hydrogen) atoms. The maximum absolute atomic E-state index is 13.8. The Bertz CT molecular complexity index is 1020. The highest BCUT2D eigenvalue weighted by Gasteiger charge is 2.41. The second-order valence-electron chi connectivity index (χ2n) is 7.81. The van der Waals surface area contributed by atoms with Gasteiger partial charge in [0.05, 0.1) is 30.7 Å². The van der Waals surface area contributed by atoms with Crippen LogP contribution in [-0.2, 0) is 19.1 Å². The van der Waals surface area contributed by atoms with E-state index < -0.39 is 23.3 Å². The van der Waals surface area contributed by atoms with Gasteiger partial charge in [-0.15, -0.1) is 11.8 Å². The zero-order valence-corrected chi connectivity index (χ0v) is 20.2. The molecule has 0 saturated carbocycles. The van der Waals surface area contributed by atoms with E-state index in [1.807, 2.05) is 31.1 Å². The SMILES string of the molecule is C.COC(=O)c1ccc2c(c1)N(CCN(C)C)C(=O)[C@H](OC(C)=O)[C@H](c1ccc(OC)cc1)S2. The van der Waals surface area contributed by atoms with Crippen molar-refractivity contribution in [2.24, 2.45) is 0 Å². The molecule has 1 amide bonds. The molecule has 3 rings (SSSR count). The highest BCUT2D eigenvalue weighted by Crippen LogP contribution is 2.47. The van der Waals surface area contributed by atoms with Crippen LogP contribution in [0.5, 0.6) is 5.75 Å². The van der Waals surface area contributed by atoms with Crippen LogP contribution in [0.25, 0.3) is 0 Å². The molecule has 1 heterocycles. The molecule has 9 heteroatoms. The predicted molar refractivity (Wildman–Crippen MR) is 133 cm³/mol. The number of ether oxygens (including phenoxy) is 3. The van der Waals surface area contributed by atoms with Gasteiger partial charge in [-0.1, -0.05) is 19.6 Å². The number of methoxy groups -OCH3 is 2. The minimum Gasteiger partial charge on any atom is -0.497 e. The second kappa shape index (κ2) is 11.9. The molecule has 2 aromatic carbocycles. The van der Waals surface area contributed by atoms with Crippen LogP contribution in [-0.4, -0.2) is 70.3 Å². The average molecular weight is 489 g/mol. The zero-order chi connectivity index (χ0) is 24.1. The zero-order valence-electron chi connectivity index (χ0n) is 19.4. The molecule has 0 aromatic heterocycles. The van der Waals surface area contributed by atoms with E-state index in [0.717, 1.165) is 10.5 Å². The number of likely N-dealkylation sites (N-methyl/N-ethyl adjacent to an activating group) is 1. The molecule has 0 radical (unpaired) electrons. The molecule has 0 bridgehead atoms. The maximum Gasteiger partial charge on any atom is 0.337 e. The summed E-state index contributed by atoms with van der Waals surface area (Å²) in [6, 6.07) is 12.5. The van der Waals surface area contributed by atoms with Gasteiger partial charge in [0, 0.05) is 24.9 Å². The summed E-state index contributed by atoms with van der Waals surface area (Å²) in [6.45, 7) is 2.23. The first kappa shape index (κ1) is 27.2. The van der Waals surface area contributed by atoms with Crippen molar-refractivity contribution >= 4 is 35.3 Å². The van der Waals surface area contributed by atoms with Gasteiger partial charge in [0.25, 0.3) is 5.91 Å². The normalized spacial score (nSPS) is 17.4. The second-order valence-corrected chi connectivity index (χ2v) is 8.99. The average Bonchev–Trinajstić information content (AvgIpc) is 2.91. The van der Waals surface area contributed by atoms with Crippen molar-refractivity contribution in [3.8, 4) is 5.75 Å². The summed E-state index contributed by atoms with van der Waals surface area (Å²) in [6.07, 6.45) is -1.04. The number of hydrogen-bond donors (Lipinski definition) is 0. The number of esters is 2. The van der Waals surface area contributed by atoms with Crippen molar-refractivity contribution in [3.05, 3.63) is 53.6 Å². The molecule has 8 nitrogen and oxygen atoms in total. The minimum absolute atomic E-state index is 0. The smallest absolute Gasteiger partial charge is 0.337 e. The molecule has 0 aliphatic carbocycles. The van der Waals surface area contributed by atoms with Gasteiger partial charge < -0.3 is 24.0 Å². The monoisotopic (exact) mass is 488 g/mol. The Hall–Kier alpha value is -3.04. The summed E-state index contributed by atoms with van der Waals surface area (Å²) < 4.78 is 15.7. The van der Waals surface area contributed by atoms with Crippen LogP contribution < -0.4 is 9.64 Å². The van der Waals surface area contributed by atoms with E-state index in [1.165, 1.54) is 25.8 Å². The van der Waals surface area contributed by atoms with Gasteiger partial charge in [-0.25, -0.2) is 4.79 Å². The Labute approximate surface area is 205 Å². The summed E-state index contributed by atoms with van der Waals surface area (Å²) >= 11 is 1.42. The number of nitrogens with zero attached hydrogens (tertiary/aromatic N) is 2. The number of hydrogen-bond acceptors (Lipinski definition) is 8. The fourth-order valence-corrected chi connectivity index (χ4v) is 4.83. The first-order valence-electron chi connectivity index (χ1n) is 10.4. The van der Waals surface area contributed by atoms with Crippen molar-refractivity contribution in [2.75, 3.05) is 46.3 Å². The third-order valence-corrected chi connectivity index (χ3v) is 6.59. The van der Waals surface area contributed by atoms with Crippen molar-refractivity contribution in [3.63, 3.8) is 0 Å². The first-order chi connectivity index (χ1) is 15.7. The topological polar surface area (TPSA) is 85.4 Å². The highest BCUT2D eigenvalue weighted by molar-refractivity contribution is 7.99. The largest absolute Gasteiger partial charge is 0.497 e. The lowest BCUT2D eigenvalue weighted by molar-refractivity contribution is -0.152.